The molecule has 0 radical (unpaired) electrons. The van der Waals surface area contributed by atoms with Crippen molar-refractivity contribution in [3.63, 3.8) is 0 Å². The van der Waals surface area contributed by atoms with Gasteiger partial charge in [-0.25, -0.2) is 18.4 Å². The van der Waals surface area contributed by atoms with Gasteiger partial charge in [0.15, 0.2) is 0 Å². The van der Waals surface area contributed by atoms with Crippen LogP contribution in [0.4, 0.5) is 11.5 Å². The van der Waals surface area contributed by atoms with Gasteiger partial charge in [-0.3, -0.25) is 0 Å². The average molecular weight is 440 g/mol. The van der Waals surface area contributed by atoms with Gasteiger partial charge in [-0.1, -0.05) is 0 Å². The molecule has 162 valence electrons. The van der Waals surface area contributed by atoms with Gasteiger partial charge >= 0.3 is 0 Å². The third-order valence-electron chi connectivity index (χ3n) is 5.92. The number of nitrogens with zero attached hydrogens (tertiary/aromatic N) is 5. The maximum atomic E-state index is 13.2. The Hall–Kier alpha value is -2.91. The lowest BCUT2D eigenvalue weighted by atomic mass is 10.1. The summed E-state index contributed by atoms with van der Waals surface area (Å²) in [5.74, 6) is 1.66. The van der Waals surface area contributed by atoms with E-state index in [1.807, 2.05) is 31.1 Å². The molecule has 3 aromatic rings. The van der Waals surface area contributed by atoms with Crippen LogP contribution < -0.4 is 14.5 Å². The van der Waals surface area contributed by atoms with Crippen LogP contribution in [0.5, 0.6) is 5.75 Å². The summed E-state index contributed by atoms with van der Waals surface area (Å²) >= 11 is 0. The molecule has 3 heterocycles. The molecule has 0 N–H and O–H groups in total. The van der Waals surface area contributed by atoms with E-state index in [9.17, 15) is 8.42 Å². The maximum Gasteiger partial charge on any atom is 0.243 e. The van der Waals surface area contributed by atoms with Crippen LogP contribution in [0.2, 0.25) is 0 Å². The van der Waals surface area contributed by atoms with Crippen LogP contribution in [-0.2, 0) is 16.4 Å². The van der Waals surface area contributed by atoms with Crippen molar-refractivity contribution in [3.8, 4) is 5.75 Å². The van der Waals surface area contributed by atoms with Crippen LogP contribution in [0, 0.1) is 0 Å². The van der Waals surface area contributed by atoms with Gasteiger partial charge in [0.2, 0.25) is 10.0 Å². The molecule has 0 amide bonds. The topological polar surface area (TPSA) is 78.9 Å². The third kappa shape index (κ3) is 3.57. The highest BCUT2D eigenvalue weighted by Crippen LogP contribution is 2.30. The van der Waals surface area contributed by atoms with Crippen molar-refractivity contribution < 1.29 is 13.2 Å². The molecular weight excluding hydrogens is 414 g/mol. The molecule has 2 aromatic carbocycles. The van der Waals surface area contributed by atoms with Gasteiger partial charge in [0.05, 0.1) is 17.0 Å². The minimum absolute atomic E-state index is 0.351. The van der Waals surface area contributed by atoms with Crippen molar-refractivity contribution in [2.75, 3.05) is 56.7 Å². The van der Waals surface area contributed by atoms with Crippen molar-refractivity contribution in [2.45, 2.75) is 11.3 Å². The highest BCUT2D eigenvalue weighted by molar-refractivity contribution is 7.89. The van der Waals surface area contributed by atoms with E-state index < -0.39 is 10.0 Å². The van der Waals surface area contributed by atoms with Crippen molar-refractivity contribution in [2.24, 2.45) is 0 Å². The van der Waals surface area contributed by atoms with Crippen molar-refractivity contribution in [1.29, 1.82) is 0 Å². The number of ether oxygens (including phenoxy) is 1. The van der Waals surface area contributed by atoms with Crippen LogP contribution in [0.3, 0.4) is 0 Å². The molecule has 5 rings (SSSR count). The van der Waals surface area contributed by atoms with Crippen molar-refractivity contribution in [1.82, 2.24) is 14.3 Å². The lowest BCUT2D eigenvalue weighted by Crippen LogP contribution is -2.48. The molecule has 1 fully saturated rings. The van der Waals surface area contributed by atoms with Crippen molar-refractivity contribution in [3.05, 3.63) is 48.3 Å². The van der Waals surface area contributed by atoms with Crippen LogP contribution in [0.25, 0.3) is 10.9 Å². The van der Waals surface area contributed by atoms with Gasteiger partial charge in [-0.2, -0.15) is 4.31 Å². The van der Waals surface area contributed by atoms with Crippen LogP contribution in [-0.4, -0.2) is 69.6 Å². The zero-order valence-electron chi connectivity index (χ0n) is 17.7. The smallest absolute Gasteiger partial charge is 0.243 e. The minimum atomic E-state index is -3.52. The Balaban J connectivity index is 1.35. The zero-order valence-corrected chi connectivity index (χ0v) is 18.5. The average Bonchev–Trinajstić information content (AvgIpc) is 3.26. The van der Waals surface area contributed by atoms with Gasteiger partial charge < -0.3 is 14.5 Å². The Bertz CT molecular complexity index is 1240. The second kappa shape index (κ2) is 7.65. The number of hydrogen-bond donors (Lipinski definition) is 0. The molecule has 1 aromatic heterocycles. The van der Waals surface area contributed by atoms with E-state index >= 15 is 0 Å². The molecule has 8 nitrogen and oxygen atoms in total. The summed E-state index contributed by atoms with van der Waals surface area (Å²) < 4.78 is 33.4. The summed E-state index contributed by atoms with van der Waals surface area (Å²) in [6.07, 6.45) is 2.33. The third-order valence-corrected chi connectivity index (χ3v) is 7.82. The molecule has 31 heavy (non-hydrogen) atoms. The fourth-order valence-corrected chi connectivity index (χ4v) is 5.72. The fraction of sp³-hybridized carbons (Fsp3) is 0.364. The van der Waals surface area contributed by atoms with Gasteiger partial charge in [0.1, 0.15) is 17.9 Å². The Morgan fingerprint density at radius 1 is 1.00 bits per heavy atom. The maximum absolute atomic E-state index is 13.2. The largest absolute Gasteiger partial charge is 0.493 e. The van der Waals surface area contributed by atoms with E-state index in [0.29, 0.717) is 37.7 Å². The molecule has 2 aliphatic rings. The molecule has 0 unspecified atom stereocenters. The second-order valence-corrected chi connectivity index (χ2v) is 9.99. The van der Waals surface area contributed by atoms with E-state index in [2.05, 4.69) is 20.9 Å². The fourth-order valence-electron chi connectivity index (χ4n) is 4.24. The van der Waals surface area contributed by atoms with Gasteiger partial charge in [-0.05, 0) is 42.0 Å². The molecule has 0 saturated carbocycles. The Morgan fingerprint density at radius 2 is 1.81 bits per heavy atom. The predicted molar refractivity (Wildman–Crippen MR) is 120 cm³/mol. The molecule has 0 aliphatic carbocycles. The van der Waals surface area contributed by atoms with Crippen molar-refractivity contribution >= 4 is 32.4 Å². The number of aromatic nitrogens is 2. The Morgan fingerprint density at radius 3 is 2.58 bits per heavy atom. The molecule has 9 heteroatoms. The molecule has 0 spiro atoms. The number of fused-ring (bicyclic) bond motifs is 2. The number of hydrogen-bond acceptors (Lipinski definition) is 7. The van der Waals surface area contributed by atoms with Gasteiger partial charge in [-0.15, -0.1) is 0 Å². The second-order valence-electron chi connectivity index (χ2n) is 8.05. The van der Waals surface area contributed by atoms with E-state index in [1.54, 1.807) is 28.8 Å². The standard InChI is InChI=1S/C22H25N5O3S/c1-25(2)22-19-14-17(3-5-20(19)23-15-24-22)26-8-10-27(11-9-26)31(28,29)18-4-6-21-16(13-18)7-12-30-21/h3-6,13-15H,7-12H2,1-2H3. The summed E-state index contributed by atoms with van der Waals surface area (Å²) in [7, 11) is 0.406. The summed E-state index contributed by atoms with van der Waals surface area (Å²) in [4.78, 5) is 13.3. The highest BCUT2D eigenvalue weighted by atomic mass is 32.2. The summed E-state index contributed by atoms with van der Waals surface area (Å²) in [5, 5.41) is 0.986. The first-order valence-corrected chi connectivity index (χ1v) is 11.8. The van der Waals surface area contributed by atoms with E-state index in [0.717, 1.165) is 40.1 Å². The first kappa shape index (κ1) is 20.0. The molecule has 0 atom stereocenters. The SMILES string of the molecule is CN(C)c1ncnc2ccc(N3CCN(S(=O)(=O)c4ccc5c(c4)CCO5)CC3)cc12. The van der Waals surface area contributed by atoms with E-state index in [4.69, 9.17) is 4.74 Å². The summed E-state index contributed by atoms with van der Waals surface area (Å²) in [6, 6.07) is 11.3. The van der Waals surface area contributed by atoms with Gasteiger partial charge in [0.25, 0.3) is 0 Å². The lowest BCUT2D eigenvalue weighted by Gasteiger charge is -2.35. The zero-order chi connectivity index (χ0) is 21.6. The summed E-state index contributed by atoms with van der Waals surface area (Å²) in [5.41, 5.74) is 2.91. The number of anilines is 2. The van der Waals surface area contributed by atoms with E-state index in [1.165, 1.54) is 0 Å². The van der Waals surface area contributed by atoms with Gasteiger partial charge in [0, 0.05) is 57.8 Å². The number of piperazine rings is 1. The Labute approximate surface area is 182 Å². The van der Waals surface area contributed by atoms with Crippen LogP contribution >= 0.6 is 0 Å². The summed E-state index contributed by atoms with van der Waals surface area (Å²) in [6.45, 7) is 2.76. The first-order chi connectivity index (χ1) is 14.9. The number of sulfonamides is 1. The normalized spacial score (nSPS) is 16.9. The number of benzene rings is 2. The molecule has 1 saturated heterocycles. The molecule has 2 aliphatic heterocycles. The first-order valence-electron chi connectivity index (χ1n) is 10.4. The quantitative estimate of drug-likeness (QED) is 0.616. The minimum Gasteiger partial charge on any atom is -0.493 e. The lowest BCUT2D eigenvalue weighted by molar-refractivity contribution is 0.356. The monoisotopic (exact) mass is 439 g/mol. The highest BCUT2D eigenvalue weighted by Gasteiger charge is 2.30. The Kier molecular flexibility index (Phi) is 4.94. The van der Waals surface area contributed by atoms with Crippen LogP contribution in [0.1, 0.15) is 5.56 Å². The molecule has 0 bridgehead atoms. The van der Waals surface area contributed by atoms with Crippen LogP contribution in [0.15, 0.2) is 47.6 Å². The molecular formula is C22H25N5O3S. The number of rotatable bonds is 4. The predicted octanol–water partition coefficient (Wildman–Crippen LogP) is 2.14. The van der Waals surface area contributed by atoms with E-state index in [-0.39, 0.29) is 0 Å².